The first kappa shape index (κ1) is 20.0. The third-order valence-corrected chi connectivity index (χ3v) is 4.68. The van der Waals surface area contributed by atoms with Gasteiger partial charge in [0.05, 0.1) is 0 Å². The second-order valence-electron chi connectivity index (χ2n) is 5.85. The van der Waals surface area contributed by atoms with Crippen LogP contribution >= 0.6 is 12.4 Å². The maximum atomic E-state index is 2.48. The third-order valence-electron chi connectivity index (χ3n) is 4.68. The predicted octanol–water partition coefficient (Wildman–Crippen LogP) is 4.95. The van der Waals surface area contributed by atoms with E-state index in [1.807, 2.05) is 0 Å². The minimum atomic E-state index is 0. The lowest BCUT2D eigenvalue weighted by Gasteiger charge is -2.22. The molecule has 0 atom stereocenters. The van der Waals surface area contributed by atoms with Gasteiger partial charge in [-0.25, -0.2) is 0 Å². The van der Waals surface area contributed by atoms with Crippen molar-refractivity contribution in [3.05, 3.63) is 47.5 Å². The summed E-state index contributed by atoms with van der Waals surface area (Å²) in [5.74, 6) is 0. The molecule has 23 heavy (non-hydrogen) atoms. The Kier molecular flexibility index (Phi) is 8.60. The standard InChI is InChI=1S/C20H30N2.ClH/c1-5-21(6-2)15-17-13-14-18(16-22(7-3)8-4)20-12-10-9-11-19(17)20;/h9-14H,5-8,15-16H2,1-4H3;1H. The van der Waals surface area contributed by atoms with Crippen LogP contribution in [0.15, 0.2) is 36.4 Å². The molecule has 128 valence electrons. The zero-order valence-corrected chi connectivity index (χ0v) is 15.8. The topological polar surface area (TPSA) is 6.48 Å². The number of nitrogens with zero attached hydrogens (tertiary/aromatic N) is 2. The summed E-state index contributed by atoms with van der Waals surface area (Å²) in [6.45, 7) is 15.4. The molecule has 2 rings (SSSR count). The lowest BCUT2D eigenvalue weighted by Crippen LogP contribution is -2.23. The van der Waals surface area contributed by atoms with Crippen LogP contribution in [0.5, 0.6) is 0 Å². The molecule has 0 spiro atoms. The molecule has 0 heterocycles. The highest BCUT2D eigenvalue weighted by molar-refractivity contribution is 5.88. The van der Waals surface area contributed by atoms with E-state index in [1.165, 1.54) is 21.9 Å². The van der Waals surface area contributed by atoms with E-state index in [2.05, 4.69) is 73.9 Å². The SMILES string of the molecule is CCN(CC)Cc1ccc(CN(CC)CC)c2ccccc12.Cl. The number of benzene rings is 2. The smallest absolute Gasteiger partial charge is 0.0239 e. The maximum Gasteiger partial charge on any atom is 0.0239 e. The zero-order valence-electron chi connectivity index (χ0n) is 15.0. The Labute approximate surface area is 147 Å². The van der Waals surface area contributed by atoms with Gasteiger partial charge < -0.3 is 0 Å². The van der Waals surface area contributed by atoms with Crippen LogP contribution < -0.4 is 0 Å². The van der Waals surface area contributed by atoms with Gasteiger partial charge in [0.1, 0.15) is 0 Å². The van der Waals surface area contributed by atoms with E-state index in [0.717, 1.165) is 39.3 Å². The van der Waals surface area contributed by atoms with Gasteiger partial charge in [0.15, 0.2) is 0 Å². The molecule has 0 bridgehead atoms. The van der Waals surface area contributed by atoms with Gasteiger partial charge in [-0.15, -0.1) is 12.4 Å². The Morgan fingerprint density at radius 3 is 1.26 bits per heavy atom. The molecule has 0 radical (unpaired) electrons. The largest absolute Gasteiger partial charge is 0.300 e. The zero-order chi connectivity index (χ0) is 15.9. The van der Waals surface area contributed by atoms with Gasteiger partial charge in [-0.1, -0.05) is 64.1 Å². The molecule has 3 heteroatoms. The van der Waals surface area contributed by atoms with Crippen LogP contribution in [0.2, 0.25) is 0 Å². The van der Waals surface area contributed by atoms with E-state index < -0.39 is 0 Å². The number of halogens is 1. The van der Waals surface area contributed by atoms with Gasteiger partial charge in [0, 0.05) is 13.1 Å². The first-order valence-corrected chi connectivity index (χ1v) is 8.67. The van der Waals surface area contributed by atoms with Crippen molar-refractivity contribution in [2.24, 2.45) is 0 Å². The minimum Gasteiger partial charge on any atom is -0.300 e. The number of rotatable bonds is 8. The Morgan fingerprint density at radius 1 is 0.609 bits per heavy atom. The fourth-order valence-electron chi connectivity index (χ4n) is 3.08. The van der Waals surface area contributed by atoms with E-state index in [-0.39, 0.29) is 12.4 Å². The summed E-state index contributed by atoms with van der Waals surface area (Å²) >= 11 is 0. The van der Waals surface area contributed by atoms with E-state index in [1.54, 1.807) is 0 Å². The Morgan fingerprint density at radius 2 is 0.957 bits per heavy atom. The maximum absolute atomic E-state index is 2.48. The van der Waals surface area contributed by atoms with Gasteiger partial charge in [-0.2, -0.15) is 0 Å². The molecule has 0 fully saturated rings. The summed E-state index contributed by atoms with van der Waals surface area (Å²) in [5, 5.41) is 2.83. The molecule has 0 amide bonds. The Bertz CT molecular complexity index is 537. The Hall–Kier alpha value is -1.09. The predicted molar refractivity (Wildman–Crippen MR) is 104 cm³/mol. The van der Waals surface area contributed by atoms with Crippen molar-refractivity contribution in [2.45, 2.75) is 40.8 Å². The molecule has 2 aromatic carbocycles. The highest BCUT2D eigenvalue weighted by Gasteiger charge is 2.10. The second kappa shape index (κ2) is 9.92. The molecule has 0 saturated carbocycles. The fraction of sp³-hybridized carbons (Fsp3) is 0.500. The van der Waals surface area contributed by atoms with Crippen molar-refractivity contribution in [1.29, 1.82) is 0 Å². The highest BCUT2D eigenvalue weighted by atomic mass is 35.5. The fourth-order valence-corrected chi connectivity index (χ4v) is 3.08. The van der Waals surface area contributed by atoms with Crippen molar-refractivity contribution in [2.75, 3.05) is 26.2 Å². The second-order valence-corrected chi connectivity index (χ2v) is 5.85. The van der Waals surface area contributed by atoms with Crippen molar-refractivity contribution in [1.82, 2.24) is 9.80 Å². The van der Waals surface area contributed by atoms with Crippen LogP contribution in [0, 0.1) is 0 Å². The van der Waals surface area contributed by atoms with E-state index in [9.17, 15) is 0 Å². The molecule has 0 aliphatic heterocycles. The minimum absolute atomic E-state index is 0. The highest BCUT2D eigenvalue weighted by Crippen LogP contribution is 2.25. The van der Waals surface area contributed by atoms with Crippen molar-refractivity contribution in [3.8, 4) is 0 Å². The van der Waals surface area contributed by atoms with Gasteiger partial charge in [-0.3, -0.25) is 9.80 Å². The third kappa shape index (κ3) is 4.94. The molecule has 2 nitrogen and oxygen atoms in total. The van der Waals surface area contributed by atoms with Crippen LogP contribution in [-0.4, -0.2) is 36.0 Å². The van der Waals surface area contributed by atoms with Gasteiger partial charge >= 0.3 is 0 Å². The molecular formula is C20H31ClN2. The van der Waals surface area contributed by atoms with Crippen LogP contribution in [0.4, 0.5) is 0 Å². The van der Waals surface area contributed by atoms with Crippen molar-refractivity contribution in [3.63, 3.8) is 0 Å². The quantitative estimate of drug-likeness (QED) is 0.674. The average molecular weight is 335 g/mol. The summed E-state index contributed by atoms with van der Waals surface area (Å²) in [5.41, 5.74) is 2.89. The molecule has 2 aromatic rings. The molecule has 0 aliphatic carbocycles. The summed E-state index contributed by atoms with van der Waals surface area (Å²) in [6, 6.07) is 13.5. The summed E-state index contributed by atoms with van der Waals surface area (Å²) < 4.78 is 0. The van der Waals surface area contributed by atoms with E-state index in [4.69, 9.17) is 0 Å². The van der Waals surface area contributed by atoms with Crippen molar-refractivity contribution >= 4 is 23.2 Å². The van der Waals surface area contributed by atoms with Gasteiger partial charge in [0.25, 0.3) is 0 Å². The lowest BCUT2D eigenvalue weighted by molar-refractivity contribution is 0.295. The first-order chi connectivity index (χ1) is 10.7. The number of hydrogen-bond donors (Lipinski definition) is 0. The van der Waals surface area contributed by atoms with Crippen LogP contribution in [0.25, 0.3) is 10.8 Å². The molecule has 0 aliphatic rings. The summed E-state index contributed by atoms with van der Waals surface area (Å²) in [7, 11) is 0. The van der Waals surface area contributed by atoms with E-state index >= 15 is 0 Å². The number of hydrogen-bond acceptors (Lipinski definition) is 2. The lowest BCUT2D eigenvalue weighted by atomic mass is 9.98. The first-order valence-electron chi connectivity index (χ1n) is 8.67. The summed E-state index contributed by atoms with van der Waals surface area (Å²) in [6.07, 6.45) is 0. The molecule has 0 aromatic heterocycles. The number of fused-ring (bicyclic) bond motifs is 1. The monoisotopic (exact) mass is 334 g/mol. The Balaban J connectivity index is 0.00000264. The van der Waals surface area contributed by atoms with Gasteiger partial charge in [0.2, 0.25) is 0 Å². The van der Waals surface area contributed by atoms with Crippen LogP contribution in [0.1, 0.15) is 38.8 Å². The van der Waals surface area contributed by atoms with Crippen LogP contribution in [0.3, 0.4) is 0 Å². The molecular weight excluding hydrogens is 304 g/mol. The average Bonchev–Trinajstić information content (AvgIpc) is 2.58. The molecule has 0 unspecified atom stereocenters. The molecule has 0 N–H and O–H groups in total. The van der Waals surface area contributed by atoms with Crippen LogP contribution in [-0.2, 0) is 13.1 Å². The van der Waals surface area contributed by atoms with Gasteiger partial charge in [-0.05, 0) is 48.1 Å². The summed E-state index contributed by atoms with van der Waals surface area (Å²) in [4.78, 5) is 4.96. The molecule has 0 saturated heterocycles. The normalized spacial score (nSPS) is 11.2. The van der Waals surface area contributed by atoms with E-state index in [0.29, 0.717) is 0 Å². The van der Waals surface area contributed by atoms with Crippen molar-refractivity contribution < 1.29 is 0 Å².